The molecule has 4 nitrogen and oxygen atoms in total. The van der Waals surface area contributed by atoms with Crippen molar-refractivity contribution < 1.29 is 23.1 Å². The fourth-order valence-electron chi connectivity index (χ4n) is 2.84. The summed E-state index contributed by atoms with van der Waals surface area (Å²) in [4.78, 5) is 12.3. The summed E-state index contributed by atoms with van der Waals surface area (Å²) in [5.41, 5.74) is 0.981. The highest BCUT2D eigenvalue weighted by Crippen LogP contribution is 2.46. The monoisotopic (exact) mass is 371 g/mol. The predicted molar refractivity (Wildman–Crippen MR) is 88.5 cm³/mol. The molecule has 0 aliphatic heterocycles. The van der Waals surface area contributed by atoms with Crippen LogP contribution in [0.1, 0.15) is 35.3 Å². The molecule has 1 aromatic rings. The molecule has 0 saturated heterocycles. The van der Waals surface area contributed by atoms with Crippen molar-refractivity contribution in [1.82, 2.24) is 0 Å². The first-order chi connectivity index (χ1) is 11.7. The number of methoxy groups -OCH3 is 3. The Hall–Kier alpha value is -1.49. The van der Waals surface area contributed by atoms with Crippen molar-refractivity contribution in [3.05, 3.63) is 33.8 Å². The van der Waals surface area contributed by atoms with Crippen LogP contribution in [0.15, 0.2) is 28.3 Å². The number of carbonyl (C=O) groups is 1. The topological polar surface area (TPSA) is 44.8 Å². The van der Waals surface area contributed by atoms with Gasteiger partial charge in [-0.15, -0.1) is 0 Å². The van der Waals surface area contributed by atoms with E-state index in [0.29, 0.717) is 35.5 Å². The van der Waals surface area contributed by atoms with E-state index in [4.69, 9.17) is 18.3 Å². The first kappa shape index (κ1) is 13.0. The first-order valence-corrected chi connectivity index (χ1v) is 7.72. The van der Waals surface area contributed by atoms with E-state index in [1.807, 2.05) is 0 Å². The van der Waals surface area contributed by atoms with Gasteiger partial charge in [0.25, 0.3) is 0 Å². The van der Waals surface area contributed by atoms with Gasteiger partial charge in [0.2, 0.25) is 0 Å². The van der Waals surface area contributed by atoms with Gasteiger partial charge in [-0.05, 0) is 31.8 Å². The standard InChI is InChI=1S/C17H21BrO4/c1-10-5-6-12(17(19)22-4)13(7-10)16-14(20-2)8-11(18)9-15(16)21-3/h7-9,12-13H,5-6H2,1-4H3/t12-,13-/m1/s1/i1D3. The lowest BCUT2D eigenvalue weighted by molar-refractivity contribution is -0.146. The molecule has 0 spiro atoms. The van der Waals surface area contributed by atoms with Crippen LogP contribution < -0.4 is 9.47 Å². The number of esters is 1. The van der Waals surface area contributed by atoms with Gasteiger partial charge in [0.1, 0.15) is 11.5 Å². The van der Waals surface area contributed by atoms with Crippen molar-refractivity contribution in [2.75, 3.05) is 21.3 Å². The van der Waals surface area contributed by atoms with Crippen LogP contribution in [0.4, 0.5) is 0 Å². The Morgan fingerprint density at radius 1 is 1.27 bits per heavy atom. The van der Waals surface area contributed by atoms with Crippen LogP contribution in [-0.4, -0.2) is 27.3 Å². The van der Waals surface area contributed by atoms with E-state index in [0.717, 1.165) is 4.47 Å². The molecule has 0 radical (unpaired) electrons. The molecule has 1 aromatic carbocycles. The van der Waals surface area contributed by atoms with Gasteiger partial charge in [0, 0.05) is 20.1 Å². The lowest BCUT2D eigenvalue weighted by Gasteiger charge is -2.30. The Labute approximate surface area is 143 Å². The highest BCUT2D eigenvalue weighted by molar-refractivity contribution is 9.10. The maximum absolute atomic E-state index is 12.3. The molecular weight excluding hydrogens is 348 g/mol. The molecule has 0 saturated carbocycles. The Balaban J connectivity index is 2.66. The molecule has 2 atom stereocenters. The summed E-state index contributed by atoms with van der Waals surface area (Å²) in [5, 5.41) is 0. The Morgan fingerprint density at radius 3 is 2.41 bits per heavy atom. The molecular formula is C17H21BrO4. The molecule has 120 valence electrons. The molecule has 0 fully saturated rings. The number of rotatable bonds is 4. The molecule has 0 unspecified atom stereocenters. The number of hydrogen-bond donors (Lipinski definition) is 0. The SMILES string of the molecule is [2H]C([2H])([2H])C1=C[C@@H](c2c(OC)cc(Br)cc2OC)[C@H](C(=O)OC)CC1. The number of benzene rings is 1. The van der Waals surface area contributed by atoms with Crippen LogP contribution in [0.3, 0.4) is 0 Å². The van der Waals surface area contributed by atoms with E-state index in [1.54, 1.807) is 18.2 Å². The number of ether oxygens (including phenoxy) is 3. The van der Waals surface area contributed by atoms with E-state index < -0.39 is 18.7 Å². The fraction of sp³-hybridized carbons (Fsp3) is 0.471. The molecule has 0 heterocycles. The van der Waals surface area contributed by atoms with Crippen molar-refractivity contribution in [3.8, 4) is 11.5 Å². The number of halogens is 1. The molecule has 1 aliphatic carbocycles. The maximum Gasteiger partial charge on any atom is 0.309 e. The molecule has 0 N–H and O–H groups in total. The fourth-order valence-corrected chi connectivity index (χ4v) is 3.26. The summed E-state index contributed by atoms with van der Waals surface area (Å²) >= 11 is 3.40. The van der Waals surface area contributed by atoms with Crippen molar-refractivity contribution in [3.63, 3.8) is 0 Å². The summed E-state index contributed by atoms with van der Waals surface area (Å²) in [6, 6.07) is 3.54. The largest absolute Gasteiger partial charge is 0.496 e. The Morgan fingerprint density at radius 2 is 1.91 bits per heavy atom. The van der Waals surface area contributed by atoms with E-state index in [1.165, 1.54) is 21.3 Å². The normalized spacial score (nSPS) is 23.6. The number of allylic oxidation sites excluding steroid dienone is 2. The summed E-state index contributed by atoms with van der Waals surface area (Å²) in [6.07, 6.45) is 2.37. The average molecular weight is 372 g/mol. The van der Waals surface area contributed by atoms with Crippen molar-refractivity contribution >= 4 is 21.9 Å². The molecule has 0 amide bonds. The van der Waals surface area contributed by atoms with Gasteiger partial charge in [0.15, 0.2) is 0 Å². The quantitative estimate of drug-likeness (QED) is 0.590. The van der Waals surface area contributed by atoms with Gasteiger partial charge >= 0.3 is 5.97 Å². The first-order valence-electron chi connectivity index (χ1n) is 8.43. The second-order valence-electron chi connectivity index (χ2n) is 5.11. The van der Waals surface area contributed by atoms with Crippen LogP contribution in [0.2, 0.25) is 0 Å². The molecule has 2 rings (SSSR count). The van der Waals surface area contributed by atoms with E-state index in [2.05, 4.69) is 15.9 Å². The van der Waals surface area contributed by atoms with Crippen LogP contribution in [0.5, 0.6) is 11.5 Å². The van der Waals surface area contributed by atoms with E-state index >= 15 is 0 Å². The number of carbonyl (C=O) groups excluding carboxylic acids is 1. The van der Waals surface area contributed by atoms with Crippen LogP contribution in [0.25, 0.3) is 0 Å². The smallest absolute Gasteiger partial charge is 0.309 e. The van der Waals surface area contributed by atoms with Crippen molar-refractivity contribution in [1.29, 1.82) is 0 Å². The lowest BCUT2D eigenvalue weighted by atomic mass is 9.76. The molecule has 22 heavy (non-hydrogen) atoms. The molecule has 5 heteroatoms. The molecule has 1 aliphatic rings. The minimum absolute atomic E-state index is 0.327. The number of hydrogen-bond acceptors (Lipinski definition) is 4. The zero-order valence-corrected chi connectivity index (χ0v) is 14.4. The highest BCUT2D eigenvalue weighted by Gasteiger charge is 2.35. The Kier molecular flexibility index (Phi) is 4.24. The van der Waals surface area contributed by atoms with Crippen LogP contribution in [0, 0.1) is 5.92 Å². The Bertz CT molecular complexity index is 660. The second-order valence-corrected chi connectivity index (χ2v) is 6.03. The van der Waals surface area contributed by atoms with Gasteiger partial charge in [-0.1, -0.05) is 27.6 Å². The summed E-state index contributed by atoms with van der Waals surface area (Å²) < 4.78 is 39.8. The third-order valence-corrected chi connectivity index (χ3v) is 4.34. The summed E-state index contributed by atoms with van der Waals surface area (Å²) in [6.45, 7) is -2.20. The zero-order valence-electron chi connectivity index (χ0n) is 15.8. The third-order valence-electron chi connectivity index (χ3n) is 3.88. The summed E-state index contributed by atoms with van der Waals surface area (Å²) in [5.74, 6) is -0.339. The second kappa shape index (κ2) is 7.18. The zero-order chi connectivity index (χ0) is 18.8. The van der Waals surface area contributed by atoms with E-state index in [-0.39, 0.29) is 5.97 Å². The van der Waals surface area contributed by atoms with Gasteiger partial charge in [0.05, 0.1) is 27.2 Å². The van der Waals surface area contributed by atoms with E-state index in [9.17, 15) is 4.79 Å². The van der Waals surface area contributed by atoms with Gasteiger partial charge < -0.3 is 14.2 Å². The molecule has 0 bridgehead atoms. The van der Waals surface area contributed by atoms with Crippen LogP contribution in [-0.2, 0) is 9.53 Å². The van der Waals surface area contributed by atoms with Gasteiger partial charge in [-0.25, -0.2) is 0 Å². The van der Waals surface area contributed by atoms with Crippen molar-refractivity contribution in [2.45, 2.75) is 25.6 Å². The highest BCUT2D eigenvalue weighted by atomic mass is 79.9. The predicted octanol–water partition coefficient (Wildman–Crippen LogP) is 4.08. The maximum atomic E-state index is 12.3. The molecule has 0 aromatic heterocycles. The lowest BCUT2D eigenvalue weighted by Crippen LogP contribution is -2.26. The van der Waals surface area contributed by atoms with Crippen LogP contribution >= 0.6 is 15.9 Å². The average Bonchev–Trinajstić information content (AvgIpc) is 2.58. The van der Waals surface area contributed by atoms with Gasteiger partial charge in [-0.2, -0.15) is 0 Å². The van der Waals surface area contributed by atoms with Gasteiger partial charge in [-0.3, -0.25) is 4.79 Å². The minimum atomic E-state index is -2.20. The minimum Gasteiger partial charge on any atom is -0.496 e. The van der Waals surface area contributed by atoms with Crippen molar-refractivity contribution in [2.24, 2.45) is 5.92 Å². The summed E-state index contributed by atoms with van der Waals surface area (Å²) in [7, 11) is 4.38. The third kappa shape index (κ3) is 3.29.